The second-order valence-electron chi connectivity index (χ2n) is 9.56. The van der Waals surface area contributed by atoms with E-state index >= 15 is 13.2 Å². The Morgan fingerprint density at radius 1 is 1.23 bits per heavy atom. The molecule has 3 aromatic rings. The highest BCUT2D eigenvalue weighted by Crippen LogP contribution is 2.44. The van der Waals surface area contributed by atoms with E-state index in [9.17, 15) is 9.67 Å². The molecule has 0 saturated carbocycles. The molecule has 2 atom stereocenters. The van der Waals surface area contributed by atoms with Crippen LogP contribution in [0.5, 0.6) is 0 Å². The first-order valence-electron chi connectivity index (χ1n) is 11.5. The fourth-order valence-electron chi connectivity index (χ4n) is 3.92. The number of hydrogen-bond donors (Lipinski definition) is 2. The van der Waals surface area contributed by atoms with Crippen LogP contribution in [0.15, 0.2) is 30.5 Å². The molecule has 35 heavy (non-hydrogen) atoms. The van der Waals surface area contributed by atoms with Crippen LogP contribution >= 0.6 is 7.14 Å². The zero-order valence-corrected chi connectivity index (χ0v) is 21.8. The molecular formula is C25H32F3N4O2P. The molecule has 6 nitrogen and oxygen atoms in total. The van der Waals surface area contributed by atoms with Crippen molar-refractivity contribution < 1.29 is 22.8 Å². The van der Waals surface area contributed by atoms with Gasteiger partial charge in [-0.1, -0.05) is 31.9 Å². The Kier molecular flexibility index (Phi) is 7.63. The first kappa shape index (κ1) is 27.1. The van der Waals surface area contributed by atoms with E-state index in [-0.39, 0.29) is 12.0 Å². The van der Waals surface area contributed by atoms with Crippen molar-refractivity contribution in [2.24, 2.45) is 0 Å². The number of halogens is 3. The third-order valence-corrected chi connectivity index (χ3v) is 7.46. The Balaban J connectivity index is 2.03. The van der Waals surface area contributed by atoms with E-state index in [1.165, 1.54) is 18.3 Å². The molecule has 1 aromatic carbocycles. The molecule has 3 rings (SSSR count). The second-order valence-corrected chi connectivity index (χ2v) is 12.7. The number of anilines is 1. The van der Waals surface area contributed by atoms with Crippen LogP contribution in [0.3, 0.4) is 0 Å². The molecule has 0 saturated heterocycles. The van der Waals surface area contributed by atoms with Gasteiger partial charge in [-0.25, -0.2) is 14.4 Å². The summed E-state index contributed by atoms with van der Waals surface area (Å²) in [5.74, 6) is -4.09. The van der Waals surface area contributed by atoms with Gasteiger partial charge in [-0.15, -0.1) is 0 Å². The summed E-state index contributed by atoms with van der Waals surface area (Å²) in [6, 6.07) is 4.66. The molecule has 2 aromatic heterocycles. The van der Waals surface area contributed by atoms with Crippen molar-refractivity contribution in [3.8, 4) is 0 Å². The van der Waals surface area contributed by atoms with Crippen molar-refractivity contribution in [2.75, 3.05) is 18.6 Å². The molecule has 2 unspecified atom stereocenters. The summed E-state index contributed by atoms with van der Waals surface area (Å²) in [6.45, 7) is 9.39. The summed E-state index contributed by atoms with van der Waals surface area (Å²) in [6.07, 6.45) is 2.37. The van der Waals surface area contributed by atoms with Crippen LogP contribution in [0.25, 0.3) is 10.9 Å². The van der Waals surface area contributed by atoms with Gasteiger partial charge < -0.3 is 15.0 Å². The molecule has 0 bridgehead atoms. The van der Waals surface area contributed by atoms with E-state index in [0.717, 1.165) is 13.0 Å². The predicted molar refractivity (Wildman–Crippen MR) is 134 cm³/mol. The predicted octanol–water partition coefficient (Wildman–Crippen LogP) is 5.93. The summed E-state index contributed by atoms with van der Waals surface area (Å²) in [5, 5.41) is 14.1. The molecule has 10 heteroatoms. The highest BCUT2D eigenvalue weighted by molar-refractivity contribution is 7.69. The minimum atomic E-state index is -3.79. The fourth-order valence-corrected chi connectivity index (χ4v) is 4.70. The third-order valence-electron chi connectivity index (χ3n) is 6.11. The lowest BCUT2D eigenvalue weighted by atomic mass is 9.85. The average Bonchev–Trinajstić information content (AvgIpc) is 2.76. The smallest absolute Gasteiger partial charge is 0.303 e. The largest absolute Gasteiger partial charge is 0.384 e. The normalized spacial score (nSPS) is 15.1. The molecule has 2 N–H and O–H groups in total. The summed E-state index contributed by atoms with van der Waals surface area (Å²) in [5.41, 5.74) is -2.33. The summed E-state index contributed by atoms with van der Waals surface area (Å²) >= 11 is 0. The first-order valence-corrected chi connectivity index (χ1v) is 14.1. The van der Waals surface area contributed by atoms with Crippen LogP contribution in [0.4, 0.5) is 19.0 Å². The minimum absolute atomic E-state index is 0.00353. The molecule has 0 aliphatic carbocycles. The topological polar surface area (TPSA) is 88.0 Å². The van der Waals surface area contributed by atoms with E-state index in [2.05, 4.69) is 20.3 Å². The lowest BCUT2D eigenvalue weighted by Gasteiger charge is -2.33. The van der Waals surface area contributed by atoms with Gasteiger partial charge in [0.25, 0.3) is 0 Å². The SMILES string of the molecule is CCCCC(C)(O)C(F)(F)c1cccc(C(C)Nc2nc(C)nc3cnc(P(C)(C)=O)cc23)c1F. The van der Waals surface area contributed by atoms with Gasteiger partial charge in [0.2, 0.25) is 0 Å². The lowest BCUT2D eigenvalue weighted by molar-refractivity contribution is -0.184. The van der Waals surface area contributed by atoms with Gasteiger partial charge in [0.05, 0.1) is 23.3 Å². The number of unbranched alkanes of at least 4 members (excludes halogenated alkanes) is 1. The van der Waals surface area contributed by atoms with E-state index < -0.39 is 36.1 Å². The maximum absolute atomic E-state index is 15.5. The summed E-state index contributed by atoms with van der Waals surface area (Å²) in [4.78, 5) is 13.0. The van der Waals surface area contributed by atoms with Crippen molar-refractivity contribution in [2.45, 2.75) is 64.5 Å². The number of nitrogens with zero attached hydrogens (tertiary/aromatic N) is 3. The van der Waals surface area contributed by atoms with Crippen molar-refractivity contribution in [3.63, 3.8) is 0 Å². The Hall–Kier alpha value is -2.51. The lowest BCUT2D eigenvalue weighted by Crippen LogP contribution is -2.44. The van der Waals surface area contributed by atoms with E-state index in [0.29, 0.717) is 40.8 Å². The standard InChI is InChI=1S/C25H32F3N4O2P/c1-7-8-12-24(4,33)25(27,28)19-11-9-10-17(22(19)26)15(2)30-23-18-13-21(35(5,6)34)29-14-20(18)31-16(3)32-23/h9-11,13-15,33H,7-8,12H2,1-6H3,(H,30,31,32). The number of benzene rings is 1. The Morgan fingerprint density at radius 2 is 1.91 bits per heavy atom. The van der Waals surface area contributed by atoms with E-state index in [1.807, 2.05) is 6.92 Å². The maximum atomic E-state index is 15.5. The Morgan fingerprint density at radius 3 is 2.54 bits per heavy atom. The molecule has 0 fully saturated rings. The summed E-state index contributed by atoms with van der Waals surface area (Å²) < 4.78 is 58.5. The number of rotatable bonds is 9. The van der Waals surface area contributed by atoms with Crippen LogP contribution in [-0.2, 0) is 10.5 Å². The fraction of sp³-hybridized carbons (Fsp3) is 0.480. The van der Waals surface area contributed by atoms with Gasteiger partial charge in [-0.2, -0.15) is 8.78 Å². The molecule has 2 heterocycles. The zero-order chi connectivity index (χ0) is 26.2. The highest BCUT2D eigenvalue weighted by Gasteiger charge is 2.51. The van der Waals surface area contributed by atoms with Gasteiger partial charge in [0.1, 0.15) is 35.6 Å². The zero-order valence-electron chi connectivity index (χ0n) is 20.9. The number of nitrogens with one attached hydrogen (secondary N) is 1. The number of alkyl halides is 2. The number of aromatic nitrogens is 3. The van der Waals surface area contributed by atoms with Crippen LogP contribution in [-0.4, -0.2) is 39.0 Å². The van der Waals surface area contributed by atoms with Gasteiger partial charge in [0, 0.05) is 10.9 Å². The average molecular weight is 509 g/mol. The number of pyridine rings is 1. The molecule has 0 amide bonds. The number of aryl methyl sites for hydroxylation is 1. The molecule has 0 spiro atoms. The van der Waals surface area contributed by atoms with Gasteiger partial charge >= 0.3 is 5.92 Å². The van der Waals surface area contributed by atoms with Crippen LogP contribution in [0, 0.1) is 12.7 Å². The molecule has 0 radical (unpaired) electrons. The van der Waals surface area contributed by atoms with Crippen molar-refractivity contribution >= 4 is 29.3 Å². The summed E-state index contributed by atoms with van der Waals surface area (Å²) in [7, 11) is -2.67. The van der Waals surface area contributed by atoms with Gasteiger partial charge in [0.15, 0.2) is 0 Å². The van der Waals surface area contributed by atoms with Crippen LogP contribution in [0.1, 0.15) is 63.0 Å². The maximum Gasteiger partial charge on any atom is 0.303 e. The number of fused-ring (bicyclic) bond motifs is 1. The minimum Gasteiger partial charge on any atom is -0.384 e. The molecular weight excluding hydrogens is 476 g/mol. The quantitative estimate of drug-likeness (QED) is 0.349. The number of hydrogen-bond acceptors (Lipinski definition) is 6. The van der Waals surface area contributed by atoms with Crippen molar-refractivity contribution in [3.05, 3.63) is 53.2 Å². The Bertz CT molecular complexity index is 1280. The molecule has 0 aliphatic rings. The van der Waals surface area contributed by atoms with Gasteiger partial charge in [-0.3, -0.25) is 4.98 Å². The van der Waals surface area contributed by atoms with Crippen LogP contribution in [0.2, 0.25) is 0 Å². The van der Waals surface area contributed by atoms with E-state index in [4.69, 9.17) is 0 Å². The van der Waals surface area contributed by atoms with Gasteiger partial charge in [-0.05, 0) is 52.7 Å². The first-order chi connectivity index (χ1) is 16.2. The van der Waals surface area contributed by atoms with Crippen LogP contribution < -0.4 is 10.8 Å². The van der Waals surface area contributed by atoms with E-state index in [1.54, 1.807) is 33.2 Å². The Labute approximate surface area is 203 Å². The number of aliphatic hydroxyl groups is 1. The van der Waals surface area contributed by atoms with Crippen molar-refractivity contribution in [1.29, 1.82) is 0 Å². The second kappa shape index (κ2) is 9.86. The monoisotopic (exact) mass is 508 g/mol. The highest BCUT2D eigenvalue weighted by atomic mass is 31.2. The molecule has 190 valence electrons. The van der Waals surface area contributed by atoms with Crippen molar-refractivity contribution in [1.82, 2.24) is 15.0 Å². The molecule has 0 aliphatic heterocycles. The third kappa shape index (κ3) is 5.51.